The Hall–Kier alpha value is -4.41. The molecule has 0 saturated carbocycles. The van der Waals surface area contributed by atoms with Gasteiger partial charge < -0.3 is 31.3 Å². The Morgan fingerprint density at radius 2 is 1.75 bits per heavy atom. The molecule has 0 spiro atoms. The van der Waals surface area contributed by atoms with Gasteiger partial charge in [-0.15, -0.1) is 0 Å². The molecule has 1 atom stereocenters. The molecule has 0 aliphatic carbocycles. The van der Waals surface area contributed by atoms with Crippen molar-refractivity contribution < 1.29 is 41.1 Å². The molecule has 1 unspecified atom stereocenters. The second-order valence-electron chi connectivity index (χ2n) is 8.19. The fourth-order valence-corrected chi connectivity index (χ4v) is 4.23. The number of aliphatic carboxylic acids is 1. The lowest BCUT2D eigenvalue weighted by atomic mass is 10.2. The first-order chi connectivity index (χ1) is 18.6. The van der Waals surface area contributed by atoms with Gasteiger partial charge in [-0.25, -0.2) is 13.2 Å². The molecule has 2 rings (SSSR count). The van der Waals surface area contributed by atoms with E-state index in [1.54, 1.807) is 37.3 Å². The standard InChI is InChI=1S/C21H28N6O5S.C2HF3O2/c1-15-9-10-18(26-33(31,32)14-16-6-3-2-4-7-16)20(30)27(15)12-19(29)25-17(13-28)8-5-11-24-21(22)23;3-2(4,5)1(6)7/h2-4,6-7,9-10,13,17,26H,5,8,11-12,14H2,1H3,(H,25,29)(H4,22,23,24);(H,6,7). The number of hydrogen-bond acceptors (Lipinski definition) is 7. The van der Waals surface area contributed by atoms with Gasteiger partial charge in [0.25, 0.3) is 5.56 Å². The SMILES string of the molecule is Cc1ccc(NS(=O)(=O)Cc2ccccc2)c(=O)n1CC(=O)NC(C=O)CCCN=C(N)N.O=C(O)C(F)(F)F. The summed E-state index contributed by atoms with van der Waals surface area (Å²) in [5.41, 5.74) is 10.7. The number of anilines is 1. The number of hydrogen-bond donors (Lipinski definition) is 5. The molecule has 13 nitrogen and oxygen atoms in total. The Balaban J connectivity index is 0.00000101. The van der Waals surface area contributed by atoms with Crippen molar-refractivity contribution >= 4 is 39.8 Å². The second-order valence-corrected chi connectivity index (χ2v) is 9.91. The van der Waals surface area contributed by atoms with Crippen molar-refractivity contribution in [2.24, 2.45) is 16.5 Å². The molecular weight excluding hydrogens is 561 g/mol. The molecule has 0 radical (unpaired) electrons. The van der Waals surface area contributed by atoms with Crippen LogP contribution in [0.1, 0.15) is 24.1 Å². The van der Waals surface area contributed by atoms with Gasteiger partial charge in [0.1, 0.15) is 18.5 Å². The second kappa shape index (κ2) is 15.2. The summed E-state index contributed by atoms with van der Waals surface area (Å²) in [6.07, 6.45) is -3.70. The summed E-state index contributed by atoms with van der Waals surface area (Å²) in [5, 5.41) is 9.67. The Morgan fingerprint density at radius 3 is 2.27 bits per heavy atom. The minimum Gasteiger partial charge on any atom is -0.475 e. The van der Waals surface area contributed by atoms with Crippen LogP contribution in [0.3, 0.4) is 0 Å². The number of nitrogens with zero attached hydrogens (tertiary/aromatic N) is 2. The third-order valence-corrected chi connectivity index (χ3v) is 6.12. The van der Waals surface area contributed by atoms with Gasteiger partial charge in [0.15, 0.2) is 5.96 Å². The molecule has 7 N–H and O–H groups in total. The predicted molar refractivity (Wildman–Crippen MR) is 140 cm³/mol. The Kier molecular flexibility index (Phi) is 12.8. The van der Waals surface area contributed by atoms with E-state index in [1.165, 1.54) is 12.1 Å². The van der Waals surface area contributed by atoms with Gasteiger partial charge in [0.2, 0.25) is 15.9 Å². The number of rotatable bonds is 12. The lowest BCUT2D eigenvalue weighted by Gasteiger charge is -2.16. The average Bonchev–Trinajstić information content (AvgIpc) is 2.85. The summed E-state index contributed by atoms with van der Waals surface area (Å²) >= 11 is 0. The lowest BCUT2D eigenvalue weighted by Crippen LogP contribution is -2.40. The number of aldehydes is 1. The quantitative estimate of drug-likeness (QED) is 0.100. The number of nitrogens with one attached hydrogen (secondary N) is 2. The number of nitrogens with two attached hydrogens (primary N) is 2. The van der Waals surface area contributed by atoms with Crippen LogP contribution in [0.15, 0.2) is 52.3 Å². The molecule has 0 fully saturated rings. The van der Waals surface area contributed by atoms with Gasteiger partial charge >= 0.3 is 12.1 Å². The van der Waals surface area contributed by atoms with Gasteiger partial charge in [0, 0.05) is 12.2 Å². The van der Waals surface area contributed by atoms with Crippen LogP contribution in [0.4, 0.5) is 18.9 Å². The van der Waals surface area contributed by atoms with Gasteiger partial charge in [0.05, 0.1) is 11.8 Å². The molecule has 1 heterocycles. The number of halogens is 3. The van der Waals surface area contributed by atoms with Gasteiger partial charge in [-0.2, -0.15) is 13.2 Å². The topological polar surface area (TPSA) is 216 Å². The number of alkyl halides is 3. The summed E-state index contributed by atoms with van der Waals surface area (Å²) in [6.45, 7) is 1.55. The van der Waals surface area contributed by atoms with E-state index in [4.69, 9.17) is 21.4 Å². The predicted octanol–water partition coefficient (Wildman–Crippen LogP) is 0.469. The van der Waals surface area contributed by atoms with Crippen LogP contribution in [-0.2, 0) is 36.7 Å². The number of aromatic nitrogens is 1. The number of carbonyl (C=O) groups is 3. The van der Waals surface area contributed by atoms with E-state index in [0.29, 0.717) is 36.9 Å². The molecule has 17 heteroatoms. The number of aliphatic imine (C=N–C) groups is 1. The maximum atomic E-state index is 12.8. The molecular formula is C23H29F3N6O7S. The van der Waals surface area contributed by atoms with E-state index in [2.05, 4.69) is 15.0 Å². The van der Waals surface area contributed by atoms with Gasteiger partial charge in [-0.05, 0) is 37.5 Å². The zero-order valence-electron chi connectivity index (χ0n) is 21.2. The minimum atomic E-state index is -5.08. The molecule has 1 amide bonds. The number of guanidine groups is 1. The van der Waals surface area contributed by atoms with E-state index in [-0.39, 0.29) is 23.9 Å². The maximum Gasteiger partial charge on any atom is 0.490 e. The van der Waals surface area contributed by atoms with E-state index < -0.39 is 39.7 Å². The largest absolute Gasteiger partial charge is 0.490 e. The van der Waals surface area contributed by atoms with Crippen LogP contribution in [0.2, 0.25) is 0 Å². The van der Waals surface area contributed by atoms with Crippen molar-refractivity contribution in [1.82, 2.24) is 9.88 Å². The third kappa shape index (κ3) is 12.4. The highest BCUT2D eigenvalue weighted by atomic mass is 32.2. The molecule has 220 valence electrons. The van der Waals surface area contributed by atoms with Gasteiger partial charge in [-0.3, -0.25) is 19.3 Å². The average molecular weight is 591 g/mol. The van der Waals surface area contributed by atoms with Crippen molar-refractivity contribution in [2.45, 2.75) is 44.3 Å². The molecule has 1 aromatic heterocycles. The number of aryl methyl sites for hydroxylation is 1. The number of carboxylic acid groups (broad SMARTS) is 1. The molecule has 40 heavy (non-hydrogen) atoms. The highest BCUT2D eigenvalue weighted by Crippen LogP contribution is 2.13. The smallest absolute Gasteiger partial charge is 0.475 e. The van der Waals surface area contributed by atoms with Crippen LogP contribution < -0.4 is 27.1 Å². The highest BCUT2D eigenvalue weighted by molar-refractivity contribution is 7.91. The minimum absolute atomic E-state index is 0.0594. The summed E-state index contributed by atoms with van der Waals surface area (Å²) in [5.74, 6) is -3.69. The molecule has 2 aromatic rings. The highest BCUT2D eigenvalue weighted by Gasteiger charge is 2.38. The molecule has 0 saturated heterocycles. The summed E-state index contributed by atoms with van der Waals surface area (Å²) in [7, 11) is -3.85. The van der Waals surface area contributed by atoms with Crippen molar-refractivity contribution in [3.63, 3.8) is 0 Å². The van der Waals surface area contributed by atoms with Crippen LogP contribution in [0, 0.1) is 6.92 Å². The monoisotopic (exact) mass is 590 g/mol. The number of sulfonamides is 1. The Labute approximate surface area is 227 Å². The van der Waals surface area contributed by atoms with Crippen LogP contribution >= 0.6 is 0 Å². The first kappa shape index (κ1) is 33.6. The van der Waals surface area contributed by atoms with Crippen molar-refractivity contribution in [1.29, 1.82) is 0 Å². The van der Waals surface area contributed by atoms with Crippen LogP contribution in [0.25, 0.3) is 0 Å². The first-order valence-corrected chi connectivity index (χ1v) is 13.1. The number of carbonyl (C=O) groups excluding carboxylic acids is 2. The summed E-state index contributed by atoms with van der Waals surface area (Å²) in [4.78, 5) is 49.2. The third-order valence-electron chi connectivity index (χ3n) is 4.88. The van der Waals surface area contributed by atoms with E-state index in [1.807, 2.05) is 0 Å². The molecule has 0 aliphatic heterocycles. The number of carboxylic acids is 1. The summed E-state index contributed by atoms with van der Waals surface area (Å²) < 4.78 is 60.1. The number of amides is 1. The number of pyridine rings is 1. The van der Waals surface area contributed by atoms with Crippen LogP contribution in [-0.4, -0.2) is 61.0 Å². The first-order valence-electron chi connectivity index (χ1n) is 11.4. The van der Waals surface area contributed by atoms with E-state index >= 15 is 0 Å². The van der Waals surface area contributed by atoms with Crippen molar-refractivity contribution in [3.8, 4) is 0 Å². The Bertz CT molecular complexity index is 1360. The normalized spacial score (nSPS) is 11.8. The Morgan fingerprint density at radius 1 is 1.15 bits per heavy atom. The fourth-order valence-electron chi connectivity index (χ4n) is 3.03. The zero-order valence-corrected chi connectivity index (χ0v) is 22.0. The van der Waals surface area contributed by atoms with E-state index in [0.717, 1.165) is 4.57 Å². The lowest BCUT2D eigenvalue weighted by molar-refractivity contribution is -0.192. The molecule has 1 aromatic carbocycles. The van der Waals surface area contributed by atoms with E-state index in [9.17, 15) is 36.0 Å². The zero-order chi connectivity index (χ0) is 30.5. The number of benzene rings is 1. The maximum absolute atomic E-state index is 12.8. The van der Waals surface area contributed by atoms with Gasteiger partial charge in [-0.1, -0.05) is 30.3 Å². The van der Waals surface area contributed by atoms with Crippen LogP contribution in [0.5, 0.6) is 0 Å². The molecule has 0 bridgehead atoms. The summed E-state index contributed by atoms with van der Waals surface area (Å²) in [6, 6.07) is 10.6. The van der Waals surface area contributed by atoms with Crippen molar-refractivity contribution in [2.75, 3.05) is 11.3 Å². The molecule has 0 aliphatic rings. The van der Waals surface area contributed by atoms with Crippen molar-refractivity contribution in [3.05, 3.63) is 64.1 Å². The fraction of sp³-hybridized carbons (Fsp3) is 0.348.